The summed E-state index contributed by atoms with van der Waals surface area (Å²) in [4.78, 5) is 13.4. The van der Waals surface area contributed by atoms with Crippen molar-refractivity contribution in [3.63, 3.8) is 0 Å². The molecule has 0 radical (unpaired) electrons. The van der Waals surface area contributed by atoms with Gasteiger partial charge in [0.25, 0.3) is 5.24 Å². The van der Waals surface area contributed by atoms with Crippen molar-refractivity contribution in [2.45, 2.75) is 27.7 Å². The summed E-state index contributed by atoms with van der Waals surface area (Å²) in [6.07, 6.45) is 1.84. The second-order valence-electron chi connectivity index (χ2n) is 4.16. The molecule has 0 spiro atoms. The van der Waals surface area contributed by atoms with Crippen LogP contribution in [0.3, 0.4) is 0 Å². The maximum atomic E-state index is 11.5. The Bertz CT molecular complexity index is 147. The average molecular weight is 203 g/mol. The van der Waals surface area contributed by atoms with Crippen LogP contribution in [0.15, 0.2) is 0 Å². The molecule has 3 heteroatoms. The van der Waals surface area contributed by atoms with Gasteiger partial charge >= 0.3 is 0 Å². The zero-order valence-electron chi connectivity index (χ0n) is 9.33. The summed E-state index contributed by atoms with van der Waals surface area (Å²) < 4.78 is 0. The van der Waals surface area contributed by atoms with Gasteiger partial charge in [-0.2, -0.15) is 0 Å². The SMILES string of the molecule is CSC(=O)N(CC(C)C)CC(C)C. The number of hydrogen-bond donors (Lipinski definition) is 0. The molecule has 1 amide bonds. The Morgan fingerprint density at radius 3 is 1.77 bits per heavy atom. The van der Waals surface area contributed by atoms with Gasteiger partial charge in [-0.3, -0.25) is 4.79 Å². The Hall–Kier alpha value is -0.180. The predicted molar refractivity (Wildman–Crippen MR) is 60.2 cm³/mol. The van der Waals surface area contributed by atoms with Crippen LogP contribution in [0.25, 0.3) is 0 Å². The summed E-state index contributed by atoms with van der Waals surface area (Å²) in [6.45, 7) is 10.3. The third-order valence-electron chi connectivity index (χ3n) is 1.60. The Balaban J connectivity index is 4.10. The van der Waals surface area contributed by atoms with Crippen molar-refractivity contribution in [3.05, 3.63) is 0 Å². The van der Waals surface area contributed by atoms with E-state index in [1.807, 2.05) is 11.2 Å². The normalized spacial score (nSPS) is 11.0. The van der Waals surface area contributed by atoms with Crippen LogP contribution in [0, 0.1) is 11.8 Å². The molecule has 0 unspecified atom stereocenters. The van der Waals surface area contributed by atoms with Crippen molar-refractivity contribution in [1.29, 1.82) is 0 Å². The van der Waals surface area contributed by atoms with Gasteiger partial charge in [0.05, 0.1) is 0 Å². The molecule has 0 rings (SSSR count). The molecular weight excluding hydrogens is 182 g/mol. The van der Waals surface area contributed by atoms with E-state index in [4.69, 9.17) is 0 Å². The predicted octanol–water partition coefficient (Wildman–Crippen LogP) is 3.08. The topological polar surface area (TPSA) is 20.3 Å². The molecule has 0 aliphatic rings. The van der Waals surface area contributed by atoms with Gasteiger partial charge in [0, 0.05) is 13.1 Å². The summed E-state index contributed by atoms with van der Waals surface area (Å²) in [5.41, 5.74) is 0. The van der Waals surface area contributed by atoms with Crippen molar-refractivity contribution in [1.82, 2.24) is 4.90 Å². The van der Waals surface area contributed by atoms with E-state index < -0.39 is 0 Å². The maximum absolute atomic E-state index is 11.5. The highest BCUT2D eigenvalue weighted by Gasteiger charge is 2.14. The lowest BCUT2D eigenvalue weighted by Crippen LogP contribution is -2.34. The average Bonchev–Trinajstić information content (AvgIpc) is 2.00. The van der Waals surface area contributed by atoms with E-state index in [9.17, 15) is 4.79 Å². The molecule has 0 aliphatic carbocycles. The molecule has 0 bridgehead atoms. The first kappa shape index (κ1) is 12.8. The molecule has 0 fully saturated rings. The summed E-state index contributed by atoms with van der Waals surface area (Å²) in [5, 5.41) is 0.197. The Morgan fingerprint density at radius 1 is 1.15 bits per heavy atom. The minimum Gasteiger partial charge on any atom is -0.333 e. The van der Waals surface area contributed by atoms with Gasteiger partial charge < -0.3 is 4.90 Å². The molecule has 0 aliphatic heterocycles. The van der Waals surface area contributed by atoms with Crippen LogP contribution >= 0.6 is 11.8 Å². The highest BCUT2D eigenvalue weighted by atomic mass is 32.2. The van der Waals surface area contributed by atoms with Crippen molar-refractivity contribution in [2.75, 3.05) is 19.3 Å². The summed E-state index contributed by atoms with van der Waals surface area (Å²) >= 11 is 1.30. The lowest BCUT2D eigenvalue weighted by molar-refractivity contribution is 0.208. The van der Waals surface area contributed by atoms with E-state index in [0.717, 1.165) is 13.1 Å². The number of rotatable bonds is 4. The van der Waals surface area contributed by atoms with Crippen LogP contribution in [0.1, 0.15) is 27.7 Å². The van der Waals surface area contributed by atoms with E-state index >= 15 is 0 Å². The molecule has 0 aromatic rings. The van der Waals surface area contributed by atoms with Crippen LogP contribution in [0.5, 0.6) is 0 Å². The van der Waals surface area contributed by atoms with Crippen molar-refractivity contribution < 1.29 is 4.79 Å². The lowest BCUT2D eigenvalue weighted by atomic mass is 10.1. The molecule has 0 aromatic heterocycles. The third kappa shape index (κ3) is 5.97. The lowest BCUT2D eigenvalue weighted by Gasteiger charge is -2.25. The van der Waals surface area contributed by atoms with Crippen LogP contribution in [0.2, 0.25) is 0 Å². The smallest absolute Gasteiger partial charge is 0.281 e. The van der Waals surface area contributed by atoms with Crippen LogP contribution < -0.4 is 0 Å². The largest absolute Gasteiger partial charge is 0.333 e. The highest BCUT2D eigenvalue weighted by molar-refractivity contribution is 8.12. The molecule has 0 aromatic carbocycles. The molecule has 78 valence electrons. The summed E-state index contributed by atoms with van der Waals surface area (Å²) in [6, 6.07) is 0. The summed E-state index contributed by atoms with van der Waals surface area (Å²) in [7, 11) is 0. The Kier molecular flexibility index (Phi) is 6.21. The molecular formula is C10H21NOS. The van der Waals surface area contributed by atoms with Crippen molar-refractivity contribution >= 4 is 17.0 Å². The van der Waals surface area contributed by atoms with E-state index in [1.54, 1.807) is 0 Å². The van der Waals surface area contributed by atoms with Gasteiger partial charge in [-0.05, 0) is 18.1 Å². The van der Waals surface area contributed by atoms with Crippen LogP contribution in [-0.2, 0) is 0 Å². The number of amides is 1. The van der Waals surface area contributed by atoms with E-state index in [-0.39, 0.29) is 5.24 Å². The number of hydrogen-bond acceptors (Lipinski definition) is 2. The van der Waals surface area contributed by atoms with Gasteiger partial charge in [0.15, 0.2) is 0 Å². The zero-order chi connectivity index (χ0) is 10.4. The molecule has 0 saturated carbocycles. The molecule has 0 saturated heterocycles. The first-order chi connectivity index (χ1) is 5.97. The summed E-state index contributed by atoms with van der Waals surface area (Å²) in [5.74, 6) is 1.10. The quantitative estimate of drug-likeness (QED) is 0.700. The Morgan fingerprint density at radius 2 is 1.54 bits per heavy atom. The number of thioether (sulfide) groups is 1. The first-order valence-corrected chi connectivity index (χ1v) is 6.02. The monoisotopic (exact) mass is 203 g/mol. The van der Waals surface area contributed by atoms with Gasteiger partial charge in [0.2, 0.25) is 0 Å². The fraction of sp³-hybridized carbons (Fsp3) is 0.900. The fourth-order valence-corrected chi connectivity index (χ4v) is 1.64. The first-order valence-electron chi connectivity index (χ1n) is 4.80. The molecule has 0 N–H and O–H groups in total. The van der Waals surface area contributed by atoms with Crippen LogP contribution in [0.4, 0.5) is 4.79 Å². The maximum Gasteiger partial charge on any atom is 0.281 e. The molecule has 2 nitrogen and oxygen atoms in total. The minimum absolute atomic E-state index is 0.197. The number of carbonyl (C=O) groups is 1. The van der Waals surface area contributed by atoms with Gasteiger partial charge in [0.1, 0.15) is 0 Å². The van der Waals surface area contributed by atoms with E-state index in [2.05, 4.69) is 27.7 Å². The zero-order valence-corrected chi connectivity index (χ0v) is 10.1. The van der Waals surface area contributed by atoms with Crippen molar-refractivity contribution in [3.8, 4) is 0 Å². The molecule has 0 heterocycles. The third-order valence-corrected chi connectivity index (χ3v) is 2.21. The van der Waals surface area contributed by atoms with Gasteiger partial charge in [-0.25, -0.2) is 0 Å². The number of carbonyl (C=O) groups excluding carboxylic acids is 1. The van der Waals surface area contributed by atoms with Crippen LogP contribution in [-0.4, -0.2) is 29.5 Å². The second kappa shape index (κ2) is 6.30. The van der Waals surface area contributed by atoms with Gasteiger partial charge in [-0.15, -0.1) is 0 Å². The van der Waals surface area contributed by atoms with E-state index in [0.29, 0.717) is 11.8 Å². The van der Waals surface area contributed by atoms with E-state index in [1.165, 1.54) is 11.8 Å². The standard InChI is InChI=1S/C10H21NOS/c1-8(2)6-11(7-9(3)4)10(12)13-5/h8-9H,6-7H2,1-5H3. The minimum atomic E-state index is 0.197. The van der Waals surface area contributed by atoms with Gasteiger partial charge in [-0.1, -0.05) is 39.5 Å². The molecule has 0 atom stereocenters. The number of nitrogens with zero attached hydrogens (tertiary/aromatic N) is 1. The fourth-order valence-electron chi connectivity index (χ4n) is 1.23. The Labute approximate surface area is 86.1 Å². The highest BCUT2D eigenvalue weighted by Crippen LogP contribution is 2.10. The van der Waals surface area contributed by atoms with Crippen molar-refractivity contribution in [2.24, 2.45) is 11.8 Å². The second-order valence-corrected chi connectivity index (χ2v) is 4.92. The molecule has 13 heavy (non-hydrogen) atoms.